The van der Waals surface area contributed by atoms with Gasteiger partial charge >= 0.3 is 0 Å². The summed E-state index contributed by atoms with van der Waals surface area (Å²) in [6.07, 6.45) is 2.90. The molecule has 4 aromatic rings. The molecule has 1 fully saturated rings. The van der Waals surface area contributed by atoms with Gasteiger partial charge in [0.25, 0.3) is 15.9 Å². The second-order valence-electron chi connectivity index (χ2n) is 8.13. The van der Waals surface area contributed by atoms with Crippen molar-refractivity contribution < 1.29 is 21.6 Å². The van der Waals surface area contributed by atoms with Crippen LogP contribution in [0.25, 0.3) is 22.0 Å². The fourth-order valence-corrected chi connectivity index (χ4v) is 6.07. The van der Waals surface area contributed by atoms with Crippen LogP contribution in [0.4, 0.5) is 0 Å². The quantitative estimate of drug-likeness (QED) is 0.301. The van der Waals surface area contributed by atoms with Gasteiger partial charge in [-0.05, 0) is 35.9 Å². The summed E-state index contributed by atoms with van der Waals surface area (Å²) >= 11 is -1.71. The molecule has 34 heavy (non-hydrogen) atoms. The molecule has 1 unspecified atom stereocenters. The van der Waals surface area contributed by atoms with Gasteiger partial charge < -0.3 is 4.90 Å². The van der Waals surface area contributed by atoms with Crippen molar-refractivity contribution in [3.63, 3.8) is 0 Å². The number of rotatable bonds is 6. The lowest BCUT2D eigenvalue weighted by Gasteiger charge is -2.36. The number of amides is 1. The van der Waals surface area contributed by atoms with Crippen molar-refractivity contribution in [1.29, 1.82) is 0 Å². The second-order valence-corrected chi connectivity index (χ2v) is 11.0. The van der Waals surface area contributed by atoms with E-state index in [0.29, 0.717) is 24.2 Å². The summed E-state index contributed by atoms with van der Waals surface area (Å²) < 4.78 is 44.8. The zero-order valence-electron chi connectivity index (χ0n) is 18.4. The van der Waals surface area contributed by atoms with E-state index in [4.69, 9.17) is 4.18 Å². The lowest BCUT2D eigenvalue weighted by molar-refractivity contribution is 0.0229. The van der Waals surface area contributed by atoms with Gasteiger partial charge in [0, 0.05) is 22.7 Å². The molecule has 0 aliphatic carbocycles. The Morgan fingerprint density at radius 1 is 0.941 bits per heavy atom. The highest BCUT2D eigenvalue weighted by molar-refractivity contribution is 7.90. The number of benzene rings is 3. The van der Waals surface area contributed by atoms with Crippen LogP contribution in [0.5, 0.6) is 0 Å². The minimum atomic E-state index is -3.89. The fraction of sp³-hybridized carbons (Fsp3) is 0.160. The monoisotopic (exact) mass is 495 g/mol. The van der Waals surface area contributed by atoms with E-state index in [9.17, 15) is 17.4 Å². The number of hydrogen-bond acceptors (Lipinski definition) is 5. The molecule has 3 aromatic carbocycles. The van der Waals surface area contributed by atoms with Crippen LogP contribution in [0, 0.1) is 0 Å². The number of carbonyl (C=O) groups is 1. The Kier molecular flexibility index (Phi) is 5.85. The maximum atomic E-state index is 13.5. The Morgan fingerprint density at radius 2 is 1.59 bits per heavy atom. The van der Waals surface area contributed by atoms with Crippen molar-refractivity contribution in [3.05, 3.63) is 90.6 Å². The van der Waals surface area contributed by atoms with Crippen LogP contribution in [0.2, 0.25) is 0 Å². The molecular weight excluding hydrogens is 472 g/mol. The van der Waals surface area contributed by atoms with Crippen LogP contribution in [0.3, 0.4) is 0 Å². The number of nitrogens with zero attached hydrogens (tertiary/aromatic N) is 2. The minimum Gasteiger partial charge on any atom is -0.333 e. The van der Waals surface area contributed by atoms with Crippen molar-refractivity contribution in [1.82, 2.24) is 8.87 Å². The Balaban J connectivity index is 1.44. The third-order valence-corrected chi connectivity index (χ3v) is 8.14. The van der Waals surface area contributed by atoms with E-state index in [0.717, 1.165) is 16.5 Å². The maximum absolute atomic E-state index is 13.5. The van der Waals surface area contributed by atoms with Crippen molar-refractivity contribution in [2.45, 2.75) is 11.0 Å². The molecule has 7 nitrogen and oxygen atoms in total. The average molecular weight is 496 g/mol. The van der Waals surface area contributed by atoms with Gasteiger partial charge in [-0.15, -0.1) is 0 Å². The number of fused-ring (bicyclic) bond motifs is 1. The first-order valence-electron chi connectivity index (χ1n) is 10.7. The van der Waals surface area contributed by atoms with E-state index in [2.05, 4.69) is 0 Å². The molecule has 1 aromatic heterocycles. The molecule has 0 spiro atoms. The zero-order chi connectivity index (χ0) is 23.9. The molecule has 1 aliphatic heterocycles. The molecule has 5 rings (SSSR count). The van der Waals surface area contributed by atoms with Crippen molar-refractivity contribution >= 4 is 37.9 Å². The van der Waals surface area contributed by atoms with Crippen LogP contribution in [-0.4, -0.2) is 48.6 Å². The topological polar surface area (TPSA) is 85.7 Å². The molecule has 174 valence electrons. The van der Waals surface area contributed by atoms with Crippen LogP contribution in [-0.2, 0) is 29.5 Å². The molecule has 0 saturated carbocycles. The summed E-state index contributed by atoms with van der Waals surface area (Å²) in [5.74, 6) is -0.215. The van der Waals surface area contributed by atoms with Crippen molar-refractivity contribution in [2.24, 2.45) is 0 Å². The number of thiol groups is 1. The Labute approximate surface area is 200 Å². The highest BCUT2D eigenvalue weighted by atomic mass is 32.2. The summed E-state index contributed by atoms with van der Waals surface area (Å²) in [6.45, 7) is 0.733. The van der Waals surface area contributed by atoms with Gasteiger partial charge in [-0.3, -0.25) is 4.79 Å². The Bertz CT molecular complexity index is 1490. The minimum absolute atomic E-state index is 0.0946. The maximum Gasteiger partial charge on any atom is 0.268 e. The number of para-hydroxylation sites is 1. The zero-order valence-corrected chi connectivity index (χ0v) is 20.1. The van der Waals surface area contributed by atoms with Gasteiger partial charge in [0.2, 0.25) is 11.1 Å². The largest absolute Gasteiger partial charge is 0.333 e. The third-order valence-electron chi connectivity index (χ3n) is 5.85. The second kappa shape index (κ2) is 8.83. The first kappa shape index (κ1) is 22.5. The van der Waals surface area contributed by atoms with Crippen LogP contribution >= 0.6 is 0 Å². The fourth-order valence-electron chi connectivity index (χ4n) is 4.14. The standard InChI is InChI=1S/C25H22N2O5S2/c1-33(29)32-20-15-26(16-20)25(28)19-11-13-21(14-12-19)34(30,31)27-17-23(18-7-3-2-4-8-18)22-9-5-6-10-24(22)27/h2-14,17,20H,15-16H2,1H3/p+1. The first-order chi connectivity index (χ1) is 16.3. The van der Waals surface area contributed by atoms with Crippen LogP contribution in [0.15, 0.2) is 90.0 Å². The molecule has 0 bridgehead atoms. The van der Waals surface area contributed by atoms with Gasteiger partial charge in [-0.2, -0.15) is 4.18 Å². The number of carbonyl (C=O) groups excluding carboxylic acids is 1. The van der Waals surface area contributed by atoms with Crippen molar-refractivity contribution in [3.8, 4) is 11.1 Å². The average Bonchev–Trinajstić information content (AvgIpc) is 3.22. The van der Waals surface area contributed by atoms with Crippen LogP contribution in [0.1, 0.15) is 10.4 Å². The SMILES string of the molecule is C[SH+](=O)OC1CN(C(=O)c2ccc(S(=O)(=O)n3cc(-c4ccccc4)c4ccccc43)cc2)C1. The normalized spacial score (nSPS) is 15.3. The third kappa shape index (κ3) is 4.06. The predicted octanol–water partition coefficient (Wildman–Crippen LogP) is 3.63. The van der Waals surface area contributed by atoms with E-state index in [1.807, 2.05) is 48.5 Å². The van der Waals surface area contributed by atoms with E-state index in [-0.39, 0.29) is 16.9 Å². The summed E-state index contributed by atoms with van der Waals surface area (Å²) in [5.41, 5.74) is 2.73. The van der Waals surface area contributed by atoms with Gasteiger partial charge in [0.1, 0.15) is 12.4 Å². The lowest BCUT2D eigenvalue weighted by atomic mass is 10.1. The van der Waals surface area contributed by atoms with E-state index in [1.165, 1.54) is 34.5 Å². The van der Waals surface area contributed by atoms with Gasteiger partial charge in [0.05, 0.1) is 23.5 Å². The summed E-state index contributed by atoms with van der Waals surface area (Å²) in [5, 5.41) is 0.840. The number of likely N-dealkylation sites (tertiary alicyclic amines) is 1. The summed E-state index contributed by atoms with van der Waals surface area (Å²) in [7, 11) is -3.89. The summed E-state index contributed by atoms with van der Waals surface area (Å²) in [4.78, 5) is 14.3. The first-order valence-corrected chi connectivity index (χ1v) is 13.8. The molecule has 0 N–H and O–H groups in total. The van der Waals surface area contributed by atoms with E-state index in [1.54, 1.807) is 17.2 Å². The molecular formula is C25H23N2O5S2+. The molecule has 1 atom stereocenters. The van der Waals surface area contributed by atoms with Gasteiger partial charge in [-0.1, -0.05) is 52.7 Å². The Morgan fingerprint density at radius 3 is 2.26 bits per heavy atom. The molecule has 9 heteroatoms. The van der Waals surface area contributed by atoms with Crippen molar-refractivity contribution in [2.75, 3.05) is 19.3 Å². The number of hydrogen-bond donors (Lipinski definition) is 0. The van der Waals surface area contributed by atoms with E-state index >= 15 is 0 Å². The summed E-state index contributed by atoms with van der Waals surface area (Å²) in [6, 6.07) is 23.0. The van der Waals surface area contributed by atoms with Gasteiger partial charge in [-0.25, -0.2) is 12.4 Å². The smallest absolute Gasteiger partial charge is 0.268 e. The van der Waals surface area contributed by atoms with Crippen LogP contribution < -0.4 is 0 Å². The highest BCUT2D eigenvalue weighted by Crippen LogP contribution is 2.33. The van der Waals surface area contributed by atoms with E-state index < -0.39 is 21.1 Å². The molecule has 1 aliphatic rings. The molecule has 0 radical (unpaired) electrons. The predicted molar refractivity (Wildman–Crippen MR) is 133 cm³/mol. The highest BCUT2D eigenvalue weighted by Gasteiger charge is 2.35. The number of aromatic nitrogens is 1. The van der Waals surface area contributed by atoms with Gasteiger partial charge in [0.15, 0.2) is 0 Å². The lowest BCUT2D eigenvalue weighted by Crippen LogP contribution is -2.54. The Hall–Kier alpha value is -3.27. The molecule has 1 saturated heterocycles. The molecule has 2 heterocycles. The molecule has 1 amide bonds.